The highest BCUT2D eigenvalue weighted by Gasteiger charge is 2.08. The summed E-state index contributed by atoms with van der Waals surface area (Å²) < 4.78 is 13.7. The van der Waals surface area contributed by atoms with Crippen molar-refractivity contribution in [2.45, 2.75) is 13.5 Å². The van der Waals surface area contributed by atoms with E-state index in [1.165, 1.54) is 6.07 Å². The summed E-state index contributed by atoms with van der Waals surface area (Å²) in [6, 6.07) is 8.30. The Morgan fingerprint density at radius 3 is 2.84 bits per heavy atom. The first-order chi connectivity index (χ1) is 8.99. The van der Waals surface area contributed by atoms with E-state index in [0.717, 1.165) is 11.3 Å². The SMILES string of the molecule is Cc1cc(F)c(Br)cc1NCc1cccc(Cl)c1O. The molecule has 0 aromatic heterocycles. The van der Waals surface area contributed by atoms with Crippen molar-refractivity contribution in [1.29, 1.82) is 0 Å². The van der Waals surface area contributed by atoms with E-state index in [0.29, 0.717) is 21.6 Å². The topological polar surface area (TPSA) is 32.3 Å². The molecule has 0 fully saturated rings. The molecular weight excluding hydrogens is 333 g/mol. The van der Waals surface area contributed by atoms with Crippen LogP contribution in [0.5, 0.6) is 5.75 Å². The van der Waals surface area contributed by atoms with Gasteiger partial charge in [0.1, 0.15) is 11.6 Å². The van der Waals surface area contributed by atoms with E-state index in [1.54, 1.807) is 24.3 Å². The largest absolute Gasteiger partial charge is 0.506 e. The van der Waals surface area contributed by atoms with Crippen LogP contribution in [0.2, 0.25) is 5.02 Å². The molecule has 5 heteroatoms. The summed E-state index contributed by atoms with van der Waals surface area (Å²) in [5, 5.41) is 13.3. The zero-order valence-corrected chi connectivity index (χ0v) is 12.5. The number of benzene rings is 2. The van der Waals surface area contributed by atoms with E-state index in [9.17, 15) is 9.50 Å². The number of hydrogen-bond donors (Lipinski definition) is 2. The number of rotatable bonds is 3. The Morgan fingerprint density at radius 1 is 1.37 bits per heavy atom. The average Bonchev–Trinajstić information content (AvgIpc) is 2.37. The molecule has 0 saturated carbocycles. The Morgan fingerprint density at radius 2 is 2.11 bits per heavy atom. The first kappa shape index (κ1) is 14.2. The molecule has 0 aliphatic rings. The summed E-state index contributed by atoms with van der Waals surface area (Å²) in [4.78, 5) is 0. The minimum atomic E-state index is -0.298. The van der Waals surface area contributed by atoms with E-state index in [-0.39, 0.29) is 11.6 Å². The Labute approximate surface area is 124 Å². The molecule has 0 aliphatic heterocycles. The van der Waals surface area contributed by atoms with Crippen LogP contribution in [0.25, 0.3) is 0 Å². The van der Waals surface area contributed by atoms with Gasteiger partial charge in [-0.25, -0.2) is 4.39 Å². The monoisotopic (exact) mass is 343 g/mol. The second kappa shape index (κ2) is 5.80. The number of aromatic hydroxyl groups is 1. The maximum absolute atomic E-state index is 13.3. The van der Waals surface area contributed by atoms with Crippen molar-refractivity contribution >= 4 is 33.2 Å². The van der Waals surface area contributed by atoms with Crippen molar-refractivity contribution in [2.24, 2.45) is 0 Å². The second-order valence-electron chi connectivity index (χ2n) is 4.18. The Bertz CT molecular complexity index is 619. The number of anilines is 1. The number of phenolic OH excluding ortho intramolecular Hbond substituents is 1. The quantitative estimate of drug-likeness (QED) is 0.833. The lowest BCUT2D eigenvalue weighted by Gasteiger charge is -2.12. The Kier molecular flexibility index (Phi) is 4.32. The number of aryl methyl sites for hydroxylation is 1. The molecule has 2 aromatic rings. The van der Waals surface area contributed by atoms with E-state index < -0.39 is 0 Å². The molecule has 0 aliphatic carbocycles. The van der Waals surface area contributed by atoms with Crippen LogP contribution in [0, 0.1) is 12.7 Å². The first-order valence-corrected chi connectivity index (χ1v) is 6.82. The third kappa shape index (κ3) is 3.19. The van der Waals surface area contributed by atoms with E-state index >= 15 is 0 Å². The zero-order valence-electron chi connectivity index (χ0n) is 10.2. The molecule has 2 nitrogen and oxygen atoms in total. The summed E-state index contributed by atoms with van der Waals surface area (Å²) in [7, 11) is 0. The van der Waals surface area contributed by atoms with Crippen LogP contribution in [0.1, 0.15) is 11.1 Å². The maximum Gasteiger partial charge on any atom is 0.139 e. The van der Waals surface area contributed by atoms with Gasteiger partial charge in [-0.05, 0) is 46.6 Å². The fourth-order valence-electron chi connectivity index (χ4n) is 1.73. The van der Waals surface area contributed by atoms with Crippen LogP contribution >= 0.6 is 27.5 Å². The van der Waals surface area contributed by atoms with Crippen LogP contribution < -0.4 is 5.32 Å². The number of para-hydroxylation sites is 1. The summed E-state index contributed by atoms with van der Waals surface area (Å²) in [6.07, 6.45) is 0. The van der Waals surface area contributed by atoms with Gasteiger partial charge >= 0.3 is 0 Å². The summed E-state index contributed by atoms with van der Waals surface area (Å²) in [5.74, 6) is -0.232. The van der Waals surface area contributed by atoms with Gasteiger partial charge in [0.05, 0.1) is 9.50 Å². The molecule has 0 spiro atoms. The lowest BCUT2D eigenvalue weighted by molar-refractivity contribution is 0.469. The van der Waals surface area contributed by atoms with Crippen molar-refractivity contribution in [1.82, 2.24) is 0 Å². The molecule has 0 unspecified atom stereocenters. The van der Waals surface area contributed by atoms with Gasteiger partial charge in [-0.15, -0.1) is 0 Å². The first-order valence-electron chi connectivity index (χ1n) is 5.65. The molecule has 0 bridgehead atoms. The molecule has 0 amide bonds. The standard InChI is InChI=1S/C14H12BrClFNO/c1-8-5-12(17)10(15)6-13(8)18-7-9-3-2-4-11(16)14(9)19/h2-6,18-19H,7H2,1H3. The fourth-order valence-corrected chi connectivity index (χ4v) is 2.27. The smallest absolute Gasteiger partial charge is 0.139 e. The lowest BCUT2D eigenvalue weighted by atomic mass is 10.1. The molecule has 0 saturated heterocycles. The predicted octanol–water partition coefficient (Wildman–Crippen LogP) is 4.87. The Balaban J connectivity index is 2.19. The number of nitrogens with one attached hydrogen (secondary N) is 1. The van der Waals surface area contributed by atoms with Crippen LogP contribution in [0.3, 0.4) is 0 Å². The average molecular weight is 345 g/mol. The molecule has 2 rings (SSSR count). The van der Waals surface area contributed by atoms with E-state index in [1.807, 2.05) is 6.92 Å². The highest BCUT2D eigenvalue weighted by Crippen LogP contribution is 2.29. The molecule has 2 N–H and O–H groups in total. The number of phenols is 1. The normalized spacial score (nSPS) is 10.5. The van der Waals surface area contributed by atoms with E-state index in [4.69, 9.17) is 11.6 Å². The summed E-state index contributed by atoms with van der Waals surface area (Å²) >= 11 is 8.99. The minimum absolute atomic E-state index is 0.0653. The minimum Gasteiger partial charge on any atom is -0.506 e. The molecular formula is C14H12BrClFNO. The van der Waals surface area contributed by atoms with Crippen molar-refractivity contribution in [3.05, 3.63) is 56.8 Å². The number of hydrogen-bond acceptors (Lipinski definition) is 2. The fraction of sp³-hybridized carbons (Fsp3) is 0.143. The third-order valence-electron chi connectivity index (χ3n) is 2.81. The molecule has 19 heavy (non-hydrogen) atoms. The van der Waals surface area contributed by atoms with Crippen molar-refractivity contribution < 1.29 is 9.50 Å². The predicted molar refractivity (Wildman–Crippen MR) is 79.3 cm³/mol. The number of halogens is 3. The lowest BCUT2D eigenvalue weighted by Crippen LogP contribution is -2.02. The van der Waals surface area contributed by atoms with Gasteiger partial charge in [-0.3, -0.25) is 0 Å². The van der Waals surface area contributed by atoms with Gasteiger partial charge in [0, 0.05) is 17.8 Å². The van der Waals surface area contributed by atoms with E-state index in [2.05, 4.69) is 21.2 Å². The van der Waals surface area contributed by atoms with Crippen LogP contribution in [-0.4, -0.2) is 5.11 Å². The second-order valence-corrected chi connectivity index (χ2v) is 5.44. The highest BCUT2D eigenvalue weighted by atomic mass is 79.9. The molecule has 2 aromatic carbocycles. The zero-order chi connectivity index (χ0) is 14.0. The van der Waals surface area contributed by atoms with Gasteiger partial charge in [0.2, 0.25) is 0 Å². The summed E-state index contributed by atoms with van der Waals surface area (Å²) in [6.45, 7) is 2.22. The highest BCUT2D eigenvalue weighted by molar-refractivity contribution is 9.10. The van der Waals surface area contributed by atoms with Crippen LogP contribution in [0.15, 0.2) is 34.8 Å². The van der Waals surface area contributed by atoms with Crippen molar-refractivity contribution in [3.63, 3.8) is 0 Å². The van der Waals surface area contributed by atoms with Crippen molar-refractivity contribution in [2.75, 3.05) is 5.32 Å². The van der Waals surface area contributed by atoms with Gasteiger partial charge in [-0.1, -0.05) is 23.7 Å². The third-order valence-corrected chi connectivity index (χ3v) is 3.72. The molecule has 100 valence electrons. The van der Waals surface area contributed by atoms with Gasteiger partial charge in [0.25, 0.3) is 0 Å². The van der Waals surface area contributed by atoms with Gasteiger partial charge in [-0.2, -0.15) is 0 Å². The molecule has 0 heterocycles. The Hall–Kier alpha value is -1.26. The maximum atomic E-state index is 13.3. The molecule has 0 radical (unpaired) electrons. The molecule has 0 atom stereocenters. The van der Waals surface area contributed by atoms with Gasteiger partial charge < -0.3 is 10.4 Å². The van der Waals surface area contributed by atoms with Crippen LogP contribution in [0.4, 0.5) is 10.1 Å². The van der Waals surface area contributed by atoms with Crippen molar-refractivity contribution in [3.8, 4) is 5.75 Å². The van der Waals surface area contributed by atoms with Crippen LogP contribution in [-0.2, 0) is 6.54 Å². The summed E-state index contributed by atoms with van der Waals surface area (Å²) in [5.41, 5.74) is 2.28. The van der Waals surface area contributed by atoms with Gasteiger partial charge in [0.15, 0.2) is 0 Å².